The molecule has 0 aliphatic rings. The first kappa shape index (κ1) is 18.0. The molecule has 6 heteroatoms. The van der Waals surface area contributed by atoms with Gasteiger partial charge in [0.1, 0.15) is 5.60 Å². The molecule has 2 N–H and O–H groups in total. The minimum atomic E-state index is -0.553. The predicted molar refractivity (Wildman–Crippen MR) is 83.8 cm³/mol. The second-order valence-electron chi connectivity index (χ2n) is 5.87. The molecule has 0 bridgehead atoms. The topological polar surface area (TPSA) is 76.7 Å². The molecule has 0 fully saturated rings. The predicted octanol–water partition coefficient (Wildman–Crippen LogP) is 2.26. The van der Waals surface area contributed by atoms with E-state index < -0.39 is 17.7 Å². The molecule has 22 heavy (non-hydrogen) atoms. The summed E-state index contributed by atoms with van der Waals surface area (Å²) >= 11 is 0. The minimum Gasteiger partial charge on any atom is -0.465 e. The fourth-order valence-corrected chi connectivity index (χ4v) is 1.88. The van der Waals surface area contributed by atoms with Crippen molar-refractivity contribution in [3.63, 3.8) is 0 Å². The number of alkyl carbamates (subject to hydrolysis) is 1. The molecule has 0 aliphatic heterocycles. The summed E-state index contributed by atoms with van der Waals surface area (Å²) in [5, 5.41) is 5.83. The second-order valence-corrected chi connectivity index (χ2v) is 5.87. The van der Waals surface area contributed by atoms with Crippen LogP contribution >= 0.6 is 0 Å². The molecule has 6 nitrogen and oxygen atoms in total. The van der Waals surface area contributed by atoms with E-state index in [2.05, 4.69) is 15.4 Å². The van der Waals surface area contributed by atoms with Crippen LogP contribution in [0.1, 0.15) is 42.7 Å². The lowest BCUT2D eigenvalue weighted by molar-refractivity contribution is 0.0502. The molecule has 1 aromatic rings. The maximum Gasteiger partial charge on any atom is 0.408 e. The van der Waals surface area contributed by atoms with Crippen LogP contribution in [0.25, 0.3) is 0 Å². The zero-order valence-corrected chi connectivity index (χ0v) is 13.7. The lowest BCUT2D eigenvalue weighted by Gasteiger charge is -2.24. The van der Waals surface area contributed by atoms with Gasteiger partial charge in [0.15, 0.2) is 0 Å². The average molecular weight is 308 g/mol. The van der Waals surface area contributed by atoms with E-state index in [4.69, 9.17) is 4.74 Å². The van der Waals surface area contributed by atoms with E-state index >= 15 is 0 Å². The SMILES string of the molecule is CNC[C@H](NC(=O)OC(C)(C)C)c1ccc(C(=O)OC)cc1. The fraction of sp³-hybridized carbons (Fsp3) is 0.500. The lowest BCUT2D eigenvalue weighted by atomic mass is 10.0. The number of hydrogen-bond donors (Lipinski definition) is 2. The quantitative estimate of drug-likeness (QED) is 0.816. The summed E-state index contributed by atoms with van der Waals surface area (Å²) in [6, 6.07) is 6.64. The molecule has 1 aromatic carbocycles. The molecular formula is C16H24N2O4. The molecular weight excluding hydrogens is 284 g/mol. The number of hydrogen-bond acceptors (Lipinski definition) is 5. The normalized spacial score (nSPS) is 12.4. The standard InChI is InChI=1S/C16H24N2O4/c1-16(2,3)22-15(20)18-13(10-17-4)11-6-8-12(9-7-11)14(19)21-5/h6-9,13,17H,10H2,1-5H3,(H,18,20)/t13-/m0/s1. The van der Waals surface area contributed by atoms with Crippen LogP contribution in [-0.4, -0.2) is 38.4 Å². The van der Waals surface area contributed by atoms with Gasteiger partial charge in [0.05, 0.1) is 18.7 Å². The van der Waals surface area contributed by atoms with E-state index in [-0.39, 0.29) is 6.04 Å². The van der Waals surface area contributed by atoms with Gasteiger partial charge in [0.2, 0.25) is 0 Å². The summed E-state index contributed by atoms with van der Waals surface area (Å²) < 4.78 is 9.93. The van der Waals surface area contributed by atoms with Gasteiger partial charge in [-0.1, -0.05) is 12.1 Å². The van der Waals surface area contributed by atoms with Gasteiger partial charge < -0.3 is 20.1 Å². The Bertz CT molecular complexity index is 506. The summed E-state index contributed by atoms with van der Waals surface area (Å²) in [6.07, 6.45) is -0.482. The van der Waals surface area contributed by atoms with E-state index in [0.29, 0.717) is 12.1 Å². The summed E-state index contributed by atoms with van der Waals surface area (Å²) in [5.41, 5.74) is 0.780. The van der Waals surface area contributed by atoms with Gasteiger partial charge in [-0.2, -0.15) is 0 Å². The van der Waals surface area contributed by atoms with Crippen molar-refractivity contribution < 1.29 is 19.1 Å². The van der Waals surface area contributed by atoms with E-state index in [9.17, 15) is 9.59 Å². The van der Waals surface area contributed by atoms with E-state index in [1.54, 1.807) is 31.3 Å². The van der Waals surface area contributed by atoms with Crippen LogP contribution in [0.5, 0.6) is 0 Å². The Kier molecular flexibility index (Phi) is 6.37. The first-order valence-corrected chi connectivity index (χ1v) is 7.09. The molecule has 1 rings (SSSR count). The molecule has 0 radical (unpaired) electrons. The molecule has 0 aromatic heterocycles. The van der Waals surface area contributed by atoms with Crippen molar-refractivity contribution in [3.8, 4) is 0 Å². The Labute approximate surface area is 131 Å². The molecule has 1 amide bonds. The first-order chi connectivity index (χ1) is 10.3. The van der Waals surface area contributed by atoms with Crippen LogP contribution in [0, 0.1) is 0 Å². The van der Waals surface area contributed by atoms with Crippen LogP contribution in [0.4, 0.5) is 4.79 Å². The Morgan fingerprint density at radius 2 is 1.77 bits per heavy atom. The number of esters is 1. The highest BCUT2D eigenvalue weighted by Gasteiger charge is 2.20. The van der Waals surface area contributed by atoms with E-state index in [1.807, 2.05) is 20.8 Å². The summed E-state index contributed by atoms with van der Waals surface area (Å²) in [4.78, 5) is 23.3. The Morgan fingerprint density at radius 1 is 1.18 bits per heavy atom. The van der Waals surface area contributed by atoms with Crippen LogP contribution in [0.15, 0.2) is 24.3 Å². The highest BCUT2D eigenvalue weighted by atomic mass is 16.6. The van der Waals surface area contributed by atoms with Gasteiger partial charge in [-0.05, 0) is 45.5 Å². The number of amides is 1. The number of rotatable bonds is 5. The number of likely N-dealkylation sites (N-methyl/N-ethyl adjacent to an activating group) is 1. The Balaban J connectivity index is 2.82. The first-order valence-electron chi connectivity index (χ1n) is 7.09. The molecule has 122 valence electrons. The number of benzene rings is 1. The highest BCUT2D eigenvalue weighted by Crippen LogP contribution is 2.15. The zero-order valence-electron chi connectivity index (χ0n) is 13.7. The molecule has 0 saturated carbocycles. The zero-order chi connectivity index (χ0) is 16.8. The van der Waals surface area contributed by atoms with Gasteiger partial charge >= 0.3 is 12.1 Å². The van der Waals surface area contributed by atoms with Gasteiger partial charge in [0.25, 0.3) is 0 Å². The largest absolute Gasteiger partial charge is 0.465 e. The summed E-state index contributed by atoms with van der Waals surface area (Å²) in [5.74, 6) is -0.392. The number of carbonyl (C=O) groups is 2. The van der Waals surface area contributed by atoms with Crippen molar-refractivity contribution in [2.24, 2.45) is 0 Å². The van der Waals surface area contributed by atoms with Gasteiger partial charge in [-0.25, -0.2) is 9.59 Å². The molecule has 0 heterocycles. The Hall–Kier alpha value is -2.08. The molecule has 0 unspecified atom stereocenters. The van der Waals surface area contributed by atoms with Crippen molar-refractivity contribution in [1.82, 2.24) is 10.6 Å². The maximum atomic E-state index is 11.9. The average Bonchev–Trinajstić information content (AvgIpc) is 2.44. The van der Waals surface area contributed by atoms with Crippen LogP contribution in [-0.2, 0) is 9.47 Å². The summed E-state index contributed by atoms with van der Waals surface area (Å²) in [6.45, 7) is 5.97. The molecule has 0 saturated heterocycles. The summed E-state index contributed by atoms with van der Waals surface area (Å²) in [7, 11) is 3.14. The van der Waals surface area contributed by atoms with Gasteiger partial charge in [0, 0.05) is 6.54 Å². The lowest BCUT2D eigenvalue weighted by Crippen LogP contribution is -2.38. The maximum absolute atomic E-state index is 11.9. The van der Waals surface area contributed by atoms with E-state index in [0.717, 1.165) is 5.56 Å². The third-order valence-electron chi connectivity index (χ3n) is 2.83. The van der Waals surface area contributed by atoms with Crippen molar-refractivity contribution >= 4 is 12.1 Å². The minimum absolute atomic E-state index is 0.258. The van der Waals surface area contributed by atoms with Gasteiger partial charge in [-0.15, -0.1) is 0 Å². The number of nitrogens with one attached hydrogen (secondary N) is 2. The number of methoxy groups -OCH3 is 1. The monoisotopic (exact) mass is 308 g/mol. The number of ether oxygens (including phenoxy) is 2. The smallest absolute Gasteiger partial charge is 0.408 e. The Morgan fingerprint density at radius 3 is 2.23 bits per heavy atom. The fourth-order valence-electron chi connectivity index (χ4n) is 1.88. The van der Waals surface area contributed by atoms with Crippen LogP contribution < -0.4 is 10.6 Å². The highest BCUT2D eigenvalue weighted by molar-refractivity contribution is 5.89. The van der Waals surface area contributed by atoms with E-state index in [1.165, 1.54) is 7.11 Å². The second kappa shape index (κ2) is 7.79. The van der Waals surface area contributed by atoms with Crippen molar-refractivity contribution in [2.75, 3.05) is 20.7 Å². The van der Waals surface area contributed by atoms with Crippen molar-refractivity contribution in [3.05, 3.63) is 35.4 Å². The van der Waals surface area contributed by atoms with Crippen molar-refractivity contribution in [2.45, 2.75) is 32.4 Å². The third kappa shape index (κ3) is 5.73. The molecule has 0 spiro atoms. The van der Waals surface area contributed by atoms with Crippen LogP contribution in [0.3, 0.4) is 0 Å². The van der Waals surface area contributed by atoms with Gasteiger partial charge in [-0.3, -0.25) is 0 Å². The molecule has 0 aliphatic carbocycles. The van der Waals surface area contributed by atoms with Crippen LogP contribution in [0.2, 0.25) is 0 Å². The molecule has 1 atom stereocenters. The van der Waals surface area contributed by atoms with Crippen molar-refractivity contribution in [1.29, 1.82) is 0 Å². The number of carbonyl (C=O) groups excluding carboxylic acids is 2. The third-order valence-corrected chi connectivity index (χ3v) is 2.83.